The predicted octanol–water partition coefficient (Wildman–Crippen LogP) is -0.151. The molecule has 2 aliphatic rings. The topological polar surface area (TPSA) is 87.7 Å². The number of carbonyl (C=O) groups is 1. The second-order valence-electron chi connectivity index (χ2n) is 5.35. The van der Waals surface area contributed by atoms with Gasteiger partial charge in [0.25, 0.3) is 5.91 Å². The van der Waals surface area contributed by atoms with E-state index in [9.17, 15) is 9.90 Å². The molecule has 2 saturated heterocycles. The van der Waals surface area contributed by atoms with Crippen LogP contribution in [0.3, 0.4) is 0 Å². The number of amides is 1. The first-order chi connectivity index (χ1) is 9.62. The molecule has 1 spiro atoms. The summed E-state index contributed by atoms with van der Waals surface area (Å²) in [6, 6.07) is 0. The molecule has 3 heterocycles. The molecule has 0 aliphatic carbocycles. The van der Waals surface area contributed by atoms with E-state index in [1.165, 1.54) is 12.5 Å². The van der Waals surface area contributed by atoms with Crippen molar-refractivity contribution in [1.29, 1.82) is 0 Å². The number of rotatable bonds is 2. The molecular formula is C13H19N3O4. The second kappa shape index (κ2) is 5.16. The molecule has 1 amide bonds. The Bertz CT molecular complexity index is 478. The lowest BCUT2D eigenvalue weighted by Gasteiger charge is -2.42. The van der Waals surface area contributed by atoms with Crippen LogP contribution in [0.25, 0.3) is 0 Å². The van der Waals surface area contributed by atoms with Gasteiger partial charge in [0, 0.05) is 19.6 Å². The van der Waals surface area contributed by atoms with Crippen LogP contribution in [-0.4, -0.2) is 63.9 Å². The third kappa shape index (κ3) is 2.21. The first-order valence-corrected chi connectivity index (χ1v) is 6.83. The van der Waals surface area contributed by atoms with Gasteiger partial charge in [0.2, 0.25) is 0 Å². The molecule has 0 saturated carbocycles. The van der Waals surface area contributed by atoms with Gasteiger partial charge in [-0.2, -0.15) is 0 Å². The van der Waals surface area contributed by atoms with E-state index in [-0.39, 0.29) is 12.0 Å². The third-order valence-electron chi connectivity index (χ3n) is 4.20. The fourth-order valence-corrected chi connectivity index (χ4v) is 2.88. The molecule has 0 aromatic carbocycles. The number of imidazole rings is 1. The maximum absolute atomic E-state index is 12.4. The monoisotopic (exact) mass is 281 g/mol. The number of aromatic amines is 1. The minimum absolute atomic E-state index is 0.0394. The molecule has 1 aromatic rings. The minimum Gasteiger partial charge on any atom is -0.377 e. The van der Waals surface area contributed by atoms with Crippen LogP contribution in [0.1, 0.15) is 25.1 Å². The zero-order valence-corrected chi connectivity index (χ0v) is 11.4. The predicted molar refractivity (Wildman–Crippen MR) is 68.8 cm³/mol. The number of hydrogen-bond donors (Lipinski definition) is 2. The average Bonchev–Trinajstić information content (AvgIpc) is 3.09. The van der Waals surface area contributed by atoms with E-state index in [0.717, 1.165) is 6.42 Å². The lowest BCUT2D eigenvalue weighted by atomic mass is 9.94. The van der Waals surface area contributed by atoms with Crippen LogP contribution in [0.5, 0.6) is 0 Å². The van der Waals surface area contributed by atoms with Crippen LogP contribution in [0.2, 0.25) is 0 Å². The number of hydrogen-bond acceptors (Lipinski definition) is 5. The summed E-state index contributed by atoms with van der Waals surface area (Å²) in [5, 5.41) is 10.1. The number of aliphatic hydroxyl groups excluding tert-OH is 1. The Kier molecular flexibility index (Phi) is 3.49. The summed E-state index contributed by atoms with van der Waals surface area (Å²) in [7, 11) is 0. The summed E-state index contributed by atoms with van der Waals surface area (Å²) in [6.07, 6.45) is 2.44. The summed E-state index contributed by atoms with van der Waals surface area (Å²) in [5.41, 5.74) is -0.0204. The Balaban J connectivity index is 1.72. The van der Waals surface area contributed by atoms with Crippen LogP contribution < -0.4 is 0 Å². The van der Waals surface area contributed by atoms with Gasteiger partial charge in [-0.1, -0.05) is 0 Å². The number of carbonyl (C=O) groups excluding carboxylic acids is 1. The van der Waals surface area contributed by atoms with Crippen molar-refractivity contribution in [2.45, 2.75) is 31.2 Å². The summed E-state index contributed by atoms with van der Waals surface area (Å²) < 4.78 is 11.4. The number of nitrogens with zero attached hydrogens (tertiary/aromatic N) is 2. The van der Waals surface area contributed by atoms with Crippen molar-refractivity contribution in [2.75, 3.05) is 26.3 Å². The zero-order chi connectivity index (χ0) is 14.2. The highest BCUT2D eigenvalue weighted by Gasteiger charge is 2.47. The summed E-state index contributed by atoms with van der Waals surface area (Å²) in [5.74, 6) is -0.323. The lowest BCUT2D eigenvalue weighted by Crippen LogP contribution is -2.57. The van der Waals surface area contributed by atoms with Crippen molar-refractivity contribution in [2.24, 2.45) is 0 Å². The van der Waals surface area contributed by atoms with Crippen molar-refractivity contribution < 1.29 is 19.4 Å². The molecule has 1 aromatic heterocycles. The highest BCUT2D eigenvalue weighted by atomic mass is 16.6. The molecular weight excluding hydrogens is 262 g/mol. The third-order valence-corrected chi connectivity index (χ3v) is 4.20. The smallest absolute Gasteiger partial charge is 0.257 e. The first kappa shape index (κ1) is 13.5. The van der Waals surface area contributed by atoms with Crippen LogP contribution in [0, 0.1) is 0 Å². The number of H-pyrrole nitrogens is 1. The van der Waals surface area contributed by atoms with Gasteiger partial charge in [-0.05, 0) is 6.92 Å². The van der Waals surface area contributed by atoms with E-state index < -0.39 is 11.7 Å². The van der Waals surface area contributed by atoms with Crippen LogP contribution in [0.4, 0.5) is 0 Å². The largest absolute Gasteiger partial charge is 0.377 e. The minimum atomic E-state index is -1.20. The molecule has 3 rings (SSSR count). The van der Waals surface area contributed by atoms with Crippen molar-refractivity contribution in [3.63, 3.8) is 0 Å². The van der Waals surface area contributed by atoms with Crippen molar-refractivity contribution in [3.05, 3.63) is 18.2 Å². The van der Waals surface area contributed by atoms with Gasteiger partial charge in [0.1, 0.15) is 5.60 Å². The standard InChI is InChI=1S/C13H19N3O4/c1-9-13(2-4-19-9)7-16(3-5-20-13)12(18)11(17)10-6-14-8-15-10/h6,8-9,11,17H,2-5,7H2,1H3,(H,14,15). The highest BCUT2D eigenvalue weighted by molar-refractivity contribution is 5.81. The summed E-state index contributed by atoms with van der Waals surface area (Å²) in [6.45, 7) is 4.02. The molecule has 2 N–H and O–H groups in total. The van der Waals surface area contributed by atoms with Gasteiger partial charge in [0.05, 0.1) is 37.5 Å². The van der Waals surface area contributed by atoms with E-state index in [0.29, 0.717) is 32.0 Å². The van der Waals surface area contributed by atoms with E-state index in [1.54, 1.807) is 4.90 Å². The van der Waals surface area contributed by atoms with Gasteiger partial charge in [-0.25, -0.2) is 4.98 Å². The van der Waals surface area contributed by atoms with Gasteiger partial charge in [-0.3, -0.25) is 4.79 Å². The van der Waals surface area contributed by atoms with Gasteiger partial charge in [-0.15, -0.1) is 0 Å². The summed E-state index contributed by atoms with van der Waals surface area (Å²) >= 11 is 0. The molecule has 2 aliphatic heterocycles. The van der Waals surface area contributed by atoms with Crippen LogP contribution in [0.15, 0.2) is 12.5 Å². The molecule has 2 fully saturated rings. The molecule has 7 heteroatoms. The Labute approximate surface area is 116 Å². The quantitative estimate of drug-likeness (QED) is 0.787. The van der Waals surface area contributed by atoms with Crippen molar-refractivity contribution >= 4 is 5.91 Å². The molecule has 0 bridgehead atoms. The SMILES string of the molecule is CC1OCCC12CN(C(=O)C(O)c1cnc[nH]1)CCO2. The first-order valence-electron chi connectivity index (χ1n) is 6.83. The molecule has 0 radical (unpaired) electrons. The average molecular weight is 281 g/mol. The zero-order valence-electron chi connectivity index (χ0n) is 11.4. The van der Waals surface area contributed by atoms with Crippen LogP contribution in [-0.2, 0) is 14.3 Å². The van der Waals surface area contributed by atoms with Gasteiger partial charge >= 0.3 is 0 Å². The Hall–Kier alpha value is -1.44. The fourth-order valence-electron chi connectivity index (χ4n) is 2.88. The maximum atomic E-state index is 12.4. The molecule has 20 heavy (non-hydrogen) atoms. The van der Waals surface area contributed by atoms with E-state index in [2.05, 4.69) is 9.97 Å². The molecule has 110 valence electrons. The number of nitrogens with one attached hydrogen (secondary N) is 1. The maximum Gasteiger partial charge on any atom is 0.257 e. The number of morpholine rings is 1. The van der Waals surface area contributed by atoms with Crippen molar-refractivity contribution in [3.8, 4) is 0 Å². The Morgan fingerprint density at radius 1 is 1.65 bits per heavy atom. The second-order valence-corrected chi connectivity index (χ2v) is 5.35. The molecule has 3 atom stereocenters. The highest BCUT2D eigenvalue weighted by Crippen LogP contribution is 2.33. The number of aromatic nitrogens is 2. The van der Waals surface area contributed by atoms with Crippen LogP contribution >= 0.6 is 0 Å². The lowest BCUT2D eigenvalue weighted by molar-refractivity contribution is -0.165. The van der Waals surface area contributed by atoms with Crippen molar-refractivity contribution in [1.82, 2.24) is 14.9 Å². The van der Waals surface area contributed by atoms with E-state index >= 15 is 0 Å². The Morgan fingerprint density at radius 3 is 3.15 bits per heavy atom. The van der Waals surface area contributed by atoms with Gasteiger partial charge in [0.15, 0.2) is 6.10 Å². The molecule has 3 unspecified atom stereocenters. The Morgan fingerprint density at radius 2 is 2.50 bits per heavy atom. The number of ether oxygens (including phenoxy) is 2. The summed E-state index contributed by atoms with van der Waals surface area (Å²) in [4.78, 5) is 20.6. The normalized spacial score (nSPS) is 31.7. The van der Waals surface area contributed by atoms with E-state index in [1.807, 2.05) is 6.92 Å². The van der Waals surface area contributed by atoms with E-state index in [4.69, 9.17) is 9.47 Å². The fraction of sp³-hybridized carbons (Fsp3) is 0.692. The number of aliphatic hydroxyl groups is 1. The molecule has 7 nitrogen and oxygen atoms in total. The van der Waals surface area contributed by atoms with Gasteiger partial charge < -0.3 is 24.5 Å².